The van der Waals surface area contributed by atoms with Gasteiger partial charge in [0.15, 0.2) is 5.75 Å². The Morgan fingerprint density at radius 1 is 1.24 bits per heavy atom. The maximum atomic E-state index is 11.3. The average molecular weight is 394 g/mol. The number of nitro groups is 1. The van der Waals surface area contributed by atoms with E-state index < -0.39 is 0 Å². The van der Waals surface area contributed by atoms with Crippen LogP contribution < -0.4 is 10.1 Å². The van der Waals surface area contributed by atoms with E-state index in [1.165, 1.54) is 7.11 Å². The van der Waals surface area contributed by atoms with Crippen LogP contribution in [0.1, 0.15) is 38.3 Å². The predicted molar refractivity (Wildman–Crippen MR) is 105 cm³/mol. The summed E-state index contributed by atoms with van der Waals surface area (Å²) >= 11 is 0. The molecule has 144 valence electrons. The Hall–Kier alpha value is -1.08. The Labute approximate surface area is 162 Å². The van der Waals surface area contributed by atoms with Gasteiger partial charge in [0, 0.05) is 38.3 Å². The summed E-state index contributed by atoms with van der Waals surface area (Å²) in [6.07, 6.45) is 2.12. The van der Waals surface area contributed by atoms with Gasteiger partial charge in [0.1, 0.15) is 0 Å². The van der Waals surface area contributed by atoms with E-state index >= 15 is 0 Å². The van der Waals surface area contributed by atoms with Crippen molar-refractivity contribution in [2.24, 2.45) is 5.92 Å². The lowest BCUT2D eigenvalue weighted by Crippen LogP contribution is -2.45. The molecule has 1 fully saturated rings. The first kappa shape index (κ1) is 23.9. The third-order valence-corrected chi connectivity index (χ3v) is 4.39. The minimum atomic E-state index is -0.362. The Morgan fingerprint density at radius 3 is 2.40 bits per heavy atom. The van der Waals surface area contributed by atoms with E-state index in [0.717, 1.165) is 44.6 Å². The van der Waals surface area contributed by atoms with Crippen molar-refractivity contribution < 1.29 is 9.66 Å². The highest BCUT2D eigenvalue weighted by Gasteiger charge is 2.25. The third-order valence-electron chi connectivity index (χ3n) is 4.39. The number of nitro benzene ring substituents is 1. The largest absolute Gasteiger partial charge is 0.490 e. The van der Waals surface area contributed by atoms with Crippen molar-refractivity contribution in [3.8, 4) is 5.75 Å². The number of methoxy groups -OCH3 is 1. The first-order valence-corrected chi connectivity index (χ1v) is 8.30. The Bertz CT molecular complexity index is 538. The molecule has 0 bridgehead atoms. The third kappa shape index (κ3) is 6.62. The second kappa shape index (κ2) is 11.5. The number of hydrogen-bond acceptors (Lipinski definition) is 5. The molecule has 25 heavy (non-hydrogen) atoms. The van der Waals surface area contributed by atoms with Crippen LogP contribution in [0.25, 0.3) is 0 Å². The normalized spacial score (nSPS) is 15.8. The van der Waals surface area contributed by atoms with Crippen molar-refractivity contribution >= 4 is 30.5 Å². The van der Waals surface area contributed by atoms with Crippen LogP contribution in [0.3, 0.4) is 0 Å². The fourth-order valence-corrected chi connectivity index (χ4v) is 3.10. The number of nitrogens with one attached hydrogen (secondary N) is 1. The summed E-state index contributed by atoms with van der Waals surface area (Å²) < 4.78 is 5.12. The smallest absolute Gasteiger partial charge is 0.311 e. The molecule has 1 heterocycles. The minimum absolute atomic E-state index is 0. The molecule has 1 N–H and O–H groups in total. The van der Waals surface area contributed by atoms with Crippen LogP contribution in [0.15, 0.2) is 18.2 Å². The lowest BCUT2D eigenvalue weighted by molar-refractivity contribution is -0.385. The first-order chi connectivity index (χ1) is 11.0. The highest BCUT2D eigenvalue weighted by Crippen LogP contribution is 2.34. The lowest BCUT2D eigenvalue weighted by Gasteiger charge is -2.35. The van der Waals surface area contributed by atoms with Gasteiger partial charge in [-0.3, -0.25) is 15.0 Å². The summed E-state index contributed by atoms with van der Waals surface area (Å²) in [6, 6.07) is 5.60. The van der Waals surface area contributed by atoms with Crippen LogP contribution in [0.4, 0.5) is 5.69 Å². The second-order valence-corrected chi connectivity index (χ2v) is 6.46. The lowest BCUT2D eigenvalue weighted by atomic mass is 9.95. The number of nitrogens with zero attached hydrogens (tertiary/aromatic N) is 2. The minimum Gasteiger partial charge on any atom is -0.490 e. The molecular weight excluding hydrogens is 365 g/mol. The Balaban J connectivity index is 0.00000288. The van der Waals surface area contributed by atoms with Crippen LogP contribution >= 0.6 is 24.8 Å². The molecule has 1 atom stereocenters. The zero-order chi connectivity index (χ0) is 16.8. The molecule has 0 amide bonds. The van der Waals surface area contributed by atoms with Crippen molar-refractivity contribution in [1.82, 2.24) is 10.2 Å². The van der Waals surface area contributed by atoms with Crippen LogP contribution in [0, 0.1) is 16.0 Å². The fourth-order valence-electron chi connectivity index (χ4n) is 3.10. The van der Waals surface area contributed by atoms with Crippen LogP contribution in [-0.4, -0.2) is 43.1 Å². The highest BCUT2D eigenvalue weighted by atomic mass is 35.5. The van der Waals surface area contributed by atoms with Crippen molar-refractivity contribution in [1.29, 1.82) is 0 Å². The molecule has 6 nitrogen and oxygen atoms in total. The Kier molecular flexibility index (Phi) is 11.0. The molecule has 1 aromatic carbocycles. The zero-order valence-electron chi connectivity index (χ0n) is 15.1. The molecule has 0 aromatic heterocycles. The van der Waals surface area contributed by atoms with Crippen molar-refractivity contribution in [2.45, 2.75) is 32.7 Å². The summed E-state index contributed by atoms with van der Waals surface area (Å²) in [7, 11) is 1.47. The molecule has 0 radical (unpaired) electrons. The topological polar surface area (TPSA) is 67.6 Å². The monoisotopic (exact) mass is 393 g/mol. The summed E-state index contributed by atoms with van der Waals surface area (Å²) in [5.41, 5.74) is 1.06. The second-order valence-electron chi connectivity index (χ2n) is 6.46. The van der Waals surface area contributed by atoms with Crippen molar-refractivity contribution in [2.75, 3.05) is 33.3 Å². The summed E-state index contributed by atoms with van der Waals surface area (Å²) in [5, 5.41) is 14.7. The van der Waals surface area contributed by atoms with E-state index in [-0.39, 0.29) is 41.5 Å². The quantitative estimate of drug-likeness (QED) is 0.562. The molecular formula is C17H29Cl2N3O3. The Morgan fingerprint density at radius 2 is 1.88 bits per heavy atom. The fraction of sp³-hybridized carbons (Fsp3) is 0.647. The average Bonchev–Trinajstić information content (AvgIpc) is 2.55. The van der Waals surface area contributed by atoms with Gasteiger partial charge in [-0.15, -0.1) is 24.8 Å². The zero-order valence-corrected chi connectivity index (χ0v) is 16.7. The van der Waals surface area contributed by atoms with E-state index in [2.05, 4.69) is 24.1 Å². The predicted octanol–water partition coefficient (Wildman–Crippen LogP) is 3.83. The van der Waals surface area contributed by atoms with Gasteiger partial charge >= 0.3 is 5.69 Å². The number of halogens is 2. The summed E-state index contributed by atoms with van der Waals surface area (Å²) in [4.78, 5) is 13.4. The molecule has 1 aliphatic heterocycles. The molecule has 2 rings (SSSR count). The number of piperazine rings is 1. The van der Waals surface area contributed by atoms with E-state index in [4.69, 9.17) is 4.74 Å². The van der Waals surface area contributed by atoms with Gasteiger partial charge in [-0.2, -0.15) is 0 Å². The van der Waals surface area contributed by atoms with E-state index in [1.54, 1.807) is 12.1 Å². The van der Waals surface area contributed by atoms with Crippen LogP contribution in [0.5, 0.6) is 5.75 Å². The van der Waals surface area contributed by atoms with Gasteiger partial charge in [0.25, 0.3) is 0 Å². The number of ether oxygens (including phenoxy) is 1. The standard InChI is InChI=1S/C17H27N3O3.2ClH/c1-13(2)4-6-15(19-10-8-18-9-11-19)14-5-7-17(23-3)16(12-14)20(21)22;;/h5,7,12-13,15,18H,4,6,8-11H2,1-3H3;2*1H/t15-;;/m1../s1. The van der Waals surface area contributed by atoms with Gasteiger partial charge in [0.2, 0.25) is 0 Å². The highest BCUT2D eigenvalue weighted by molar-refractivity contribution is 5.85. The molecule has 0 saturated carbocycles. The van der Waals surface area contributed by atoms with E-state index in [9.17, 15) is 10.1 Å². The molecule has 1 saturated heterocycles. The van der Waals surface area contributed by atoms with Crippen molar-refractivity contribution in [3.05, 3.63) is 33.9 Å². The van der Waals surface area contributed by atoms with E-state index in [1.807, 2.05) is 6.07 Å². The van der Waals surface area contributed by atoms with Crippen LogP contribution in [0.2, 0.25) is 0 Å². The number of benzene rings is 1. The van der Waals surface area contributed by atoms with Gasteiger partial charge in [-0.1, -0.05) is 19.9 Å². The maximum Gasteiger partial charge on any atom is 0.311 e. The van der Waals surface area contributed by atoms with E-state index in [0.29, 0.717) is 11.7 Å². The molecule has 1 aromatic rings. The van der Waals surface area contributed by atoms with Crippen LogP contribution in [-0.2, 0) is 0 Å². The molecule has 0 unspecified atom stereocenters. The molecule has 0 aliphatic carbocycles. The summed E-state index contributed by atoms with van der Waals surface area (Å²) in [6.45, 7) is 8.31. The molecule has 0 spiro atoms. The van der Waals surface area contributed by atoms with Gasteiger partial charge < -0.3 is 10.1 Å². The molecule has 1 aliphatic rings. The number of hydrogen-bond donors (Lipinski definition) is 1. The van der Waals surface area contributed by atoms with Gasteiger partial charge in [-0.25, -0.2) is 0 Å². The van der Waals surface area contributed by atoms with Crippen molar-refractivity contribution in [3.63, 3.8) is 0 Å². The van der Waals surface area contributed by atoms with Gasteiger partial charge in [-0.05, 0) is 30.4 Å². The molecule has 8 heteroatoms. The SMILES string of the molecule is COc1ccc([C@@H](CCC(C)C)N2CCNCC2)cc1[N+](=O)[O-].Cl.Cl. The summed E-state index contributed by atoms with van der Waals surface area (Å²) in [5.74, 6) is 0.940. The maximum absolute atomic E-state index is 11.3. The first-order valence-electron chi connectivity index (χ1n) is 8.30. The number of rotatable bonds is 7. The van der Waals surface area contributed by atoms with Gasteiger partial charge in [0.05, 0.1) is 12.0 Å².